The van der Waals surface area contributed by atoms with Crippen LogP contribution in [0.15, 0.2) is 0 Å². The molecule has 0 spiro atoms. The van der Waals surface area contributed by atoms with Gasteiger partial charge < -0.3 is 28.9 Å². The van der Waals surface area contributed by atoms with Crippen molar-refractivity contribution < 1.29 is 42.6 Å². The summed E-state index contributed by atoms with van der Waals surface area (Å²) >= 11 is 0. The Hall–Kier alpha value is 0.0399. The highest BCUT2D eigenvalue weighted by Crippen LogP contribution is 2.47. The molecule has 4 radical (unpaired) electrons. The standard InChI is InChI=1S/C16H29B2O9P/c1-8(2)22-6-11-10(5-13(17)25-11)27-28(20,21)23-7-12-15(24-9(3)4)14(19)16(18)26-12/h8-16,19H,5-7H2,1-4H3,(H,20,21). The molecule has 0 aromatic heterocycles. The van der Waals surface area contributed by atoms with Crippen molar-refractivity contribution in [1.29, 1.82) is 0 Å². The zero-order chi connectivity index (χ0) is 21.1. The van der Waals surface area contributed by atoms with Crippen LogP contribution in [-0.2, 0) is 32.6 Å². The Bertz CT molecular complexity index is 538. The van der Waals surface area contributed by atoms with Crippen LogP contribution in [0.4, 0.5) is 0 Å². The highest BCUT2D eigenvalue weighted by atomic mass is 31.2. The molecular weight excluding hydrogens is 389 g/mol. The summed E-state index contributed by atoms with van der Waals surface area (Å²) in [7, 11) is 6.99. The van der Waals surface area contributed by atoms with Gasteiger partial charge in [-0.3, -0.25) is 9.05 Å². The third-order valence-corrected chi connectivity index (χ3v) is 5.31. The monoisotopic (exact) mass is 418 g/mol. The molecule has 2 saturated heterocycles. The molecule has 0 aromatic rings. The molecule has 2 N–H and O–H groups in total. The maximum Gasteiger partial charge on any atom is 0.472 e. The molecule has 158 valence electrons. The lowest BCUT2D eigenvalue weighted by atomic mass is 9.93. The van der Waals surface area contributed by atoms with Crippen molar-refractivity contribution in [3.63, 3.8) is 0 Å². The van der Waals surface area contributed by atoms with Crippen LogP contribution in [0.1, 0.15) is 34.1 Å². The molecule has 0 bridgehead atoms. The highest BCUT2D eigenvalue weighted by Gasteiger charge is 2.44. The number of aliphatic hydroxyl groups excluding tert-OH is 1. The maximum atomic E-state index is 12.4. The van der Waals surface area contributed by atoms with Gasteiger partial charge in [-0.2, -0.15) is 0 Å². The maximum absolute atomic E-state index is 12.4. The van der Waals surface area contributed by atoms with Crippen LogP contribution in [-0.4, -0.2) is 93.6 Å². The van der Waals surface area contributed by atoms with Gasteiger partial charge >= 0.3 is 7.82 Å². The molecule has 2 rings (SSSR count). The van der Waals surface area contributed by atoms with E-state index in [-0.39, 0.29) is 31.8 Å². The first-order valence-electron chi connectivity index (χ1n) is 9.41. The second kappa shape index (κ2) is 10.4. The van der Waals surface area contributed by atoms with Crippen LogP contribution in [0.25, 0.3) is 0 Å². The molecule has 12 heteroatoms. The SMILES string of the molecule is [B]C1CC(OP(=O)(O)OCC2OC([B])C(O)C2OC(C)C)C(COC(C)C)O1. The van der Waals surface area contributed by atoms with Gasteiger partial charge in [-0.1, -0.05) is 0 Å². The largest absolute Gasteiger partial charge is 0.472 e. The molecule has 2 heterocycles. The van der Waals surface area contributed by atoms with Gasteiger partial charge in [-0.15, -0.1) is 0 Å². The van der Waals surface area contributed by atoms with Crippen molar-refractivity contribution in [1.82, 2.24) is 0 Å². The first-order valence-corrected chi connectivity index (χ1v) is 10.9. The second-order valence-corrected chi connectivity index (χ2v) is 8.92. The summed E-state index contributed by atoms with van der Waals surface area (Å²) in [5, 5.41) is 10.1. The van der Waals surface area contributed by atoms with Gasteiger partial charge in [0, 0.05) is 12.0 Å². The lowest BCUT2D eigenvalue weighted by Crippen LogP contribution is -2.39. The Labute approximate surface area is 168 Å². The number of hydrogen-bond acceptors (Lipinski definition) is 8. The summed E-state index contributed by atoms with van der Waals surface area (Å²) in [5.74, 6) is 0. The average molecular weight is 418 g/mol. The summed E-state index contributed by atoms with van der Waals surface area (Å²) in [6, 6.07) is -1.60. The van der Waals surface area contributed by atoms with Crippen LogP contribution < -0.4 is 0 Å². The van der Waals surface area contributed by atoms with E-state index < -0.39 is 50.3 Å². The lowest BCUT2D eigenvalue weighted by molar-refractivity contribution is -0.0796. The van der Waals surface area contributed by atoms with Crippen LogP contribution in [0.2, 0.25) is 0 Å². The first-order chi connectivity index (χ1) is 13.0. The summed E-state index contributed by atoms with van der Waals surface area (Å²) in [6.45, 7) is 7.13. The van der Waals surface area contributed by atoms with Gasteiger partial charge in [0.05, 0.1) is 31.5 Å². The first kappa shape index (κ1) is 24.3. The van der Waals surface area contributed by atoms with Crippen molar-refractivity contribution in [3.05, 3.63) is 0 Å². The van der Waals surface area contributed by atoms with E-state index >= 15 is 0 Å². The summed E-state index contributed by atoms with van der Waals surface area (Å²) < 4.78 is 44.7. The van der Waals surface area contributed by atoms with E-state index in [1.54, 1.807) is 13.8 Å². The molecule has 0 aromatic carbocycles. The molecule has 0 saturated carbocycles. The smallest absolute Gasteiger partial charge is 0.388 e. The topological polar surface area (TPSA) is 113 Å². The molecule has 2 aliphatic heterocycles. The molecular formula is C16H29B2O9P. The number of aliphatic hydroxyl groups is 1. The van der Waals surface area contributed by atoms with Crippen LogP contribution in [0.3, 0.4) is 0 Å². The number of ether oxygens (including phenoxy) is 4. The fourth-order valence-corrected chi connectivity index (χ4v) is 4.01. The van der Waals surface area contributed by atoms with E-state index in [9.17, 15) is 14.6 Å². The van der Waals surface area contributed by atoms with Crippen LogP contribution in [0, 0.1) is 0 Å². The van der Waals surface area contributed by atoms with Crippen molar-refractivity contribution in [2.45, 2.75) is 88.9 Å². The molecule has 8 atom stereocenters. The molecule has 8 unspecified atom stereocenters. The van der Waals surface area contributed by atoms with E-state index in [2.05, 4.69) is 0 Å². The molecule has 28 heavy (non-hydrogen) atoms. The Morgan fingerprint density at radius 1 is 1.11 bits per heavy atom. The molecule has 2 fully saturated rings. The zero-order valence-electron chi connectivity index (χ0n) is 16.7. The average Bonchev–Trinajstić information content (AvgIpc) is 3.04. The van der Waals surface area contributed by atoms with Crippen molar-refractivity contribution in [3.8, 4) is 0 Å². The van der Waals surface area contributed by atoms with E-state index in [1.807, 2.05) is 13.8 Å². The third kappa shape index (κ3) is 7.07. The van der Waals surface area contributed by atoms with Crippen molar-refractivity contribution in [2.24, 2.45) is 0 Å². The van der Waals surface area contributed by atoms with Gasteiger partial charge in [0.1, 0.15) is 40.1 Å². The van der Waals surface area contributed by atoms with Gasteiger partial charge in [0.15, 0.2) is 0 Å². The number of phosphoric acid groups is 1. The van der Waals surface area contributed by atoms with Crippen LogP contribution >= 0.6 is 7.82 Å². The molecule has 0 amide bonds. The van der Waals surface area contributed by atoms with E-state index in [0.717, 1.165) is 0 Å². The summed E-state index contributed by atoms with van der Waals surface area (Å²) in [4.78, 5) is 10.1. The summed E-state index contributed by atoms with van der Waals surface area (Å²) in [5.41, 5.74) is 0. The Kier molecular flexibility index (Phi) is 9.01. The Morgan fingerprint density at radius 2 is 1.79 bits per heavy atom. The minimum atomic E-state index is -4.45. The molecule has 9 nitrogen and oxygen atoms in total. The Balaban J connectivity index is 1.90. The minimum absolute atomic E-state index is 0.0358. The predicted octanol–water partition coefficient (Wildman–Crippen LogP) is 0.245. The van der Waals surface area contributed by atoms with E-state index in [4.69, 9.17) is 43.7 Å². The third-order valence-electron chi connectivity index (χ3n) is 4.29. The lowest BCUT2D eigenvalue weighted by Gasteiger charge is -2.25. The van der Waals surface area contributed by atoms with Crippen molar-refractivity contribution in [2.75, 3.05) is 13.2 Å². The normalized spacial score (nSPS) is 38.4. The quantitative estimate of drug-likeness (QED) is 0.381. The van der Waals surface area contributed by atoms with Gasteiger partial charge in [-0.25, -0.2) is 4.57 Å². The fraction of sp³-hybridized carbons (Fsp3) is 1.00. The number of hydrogen-bond donors (Lipinski definition) is 2. The summed E-state index contributed by atoms with van der Waals surface area (Å²) in [6.07, 6.45) is -4.04. The van der Waals surface area contributed by atoms with Crippen molar-refractivity contribution >= 4 is 23.5 Å². The molecule has 2 aliphatic rings. The number of phosphoric ester groups is 1. The fourth-order valence-electron chi connectivity index (χ4n) is 3.05. The van der Waals surface area contributed by atoms with Gasteiger partial charge in [0.2, 0.25) is 0 Å². The minimum Gasteiger partial charge on any atom is -0.388 e. The zero-order valence-corrected chi connectivity index (χ0v) is 17.6. The Morgan fingerprint density at radius 3 is 2.39 bits per heavy atom. The van der Waals surface area contributed by atoms with E-state index in [0.29, 0.717) is 0 Å². The second-order valence-electron chi connectivity index (χ2n) is 7.52. The van der Waals surface area contributed by atoms with Crippen LogP contribution in [0.5, 0.6) is 0 Å². The predicted molar refractivity (Wildman–Crippen MR) is 101 cm³/mol. The number of rotatable bonds is 10. The van der Waals surface area contributed by atoms with E-state index in [1.165, 1.54) is 0 Å². The van der Waals surface area contributed by atoms with Gasteiger partial charge in [0.25, 0.3) is 0 Å². The molecule has 0 aliphatic carbocycles. The highest BCUT2D eigenvalue weighted by molar-refractivity contribution is 7.47. The van der Waals surface area contributed by atoms with Gasteiger partial charge in [-0.05, 0) is 34.1 Å².